The molecule has 0 saturated heterocycles. The molecule has 0 radical (unpaired) electrons. The van der Waals surface area contributed by atoms with E-state index in [0.29, 0.717) is 16.7 Å². The number of rotatable bonds is 6. The average Bonchev–Trinajstić information content (AvgIpc) is 3.30. The highest BCUT2D eigenvalue weighted by Crippen LogP contribution is 2.33. The number of fused-ring (bicyclic) bond motifs is 1. The Balaban J connectivity index is 1.43. The molecule has 5 rings (SSSR count). The number of halogens is 2. The summed E-state index contributed by atoms with van der Waals surface area (Å²) in [4.78, 5) is 17.1. The zero-order chi connectivity index (χ0) is 25.1. The summed E-state index contributed by atoms with van der Waals surface area (Å²) in [5.41, 5.74) is 3.26. The van der Waals surface area contributed by atoms with Gasteiger partial charge in [0.05, 0.1) is 7.11 Å². The summed E-state index contributed by atoms with van der Waals surface area (Å²) in [5, 5.41) is 11.1. The molecule has 2 heterocycles. The minimum atomic E-state index is -0.395. The maximum absolute atomic E-state index is 13.6. The van der Waals surface area contributed by atoms with Gasteiger partial charge in [0.25, 0.3) is 11.9 Å². The lowest BCUT2D eigenvalue weighted by molar-refractivity contribution is -0.111. The van der Waals surface area contributed by atoms with Crippen molar-refractivity contribution in [1.82, 2.24) is 14.8 Å². The molecule has 9 heteroatoms. The van der Waals surface area contributed by atoms with Crippen molar-refractivity contribution in [1.29, 1.82) is 0 Å². The fraction of sp³-hybridized carbons (Fsp3) is 0.0741. The van der Waals surface area contributed by atoms with Crippen molar-refractivity contribution in [2.75, 3.05) is 17.7 Å². The molecule has 0 bridgehead atoms. The van der Waals surface area contributed by atoms with Crippen LogP contribution in [0, 0.1) is 5.82 Å². The number of para-hydroxylation sites is 1. The molecule has 0 fully saturated rings. The van der Waals surface area contributed by atoms with Crippen molar-refractivity contribution in [3.63, 3.8) is 0 Å². The van der Waals surface area contributed by atoms with Crippen LogP contribution in [0.25, 0.3) is 11.8 Å². The molecular weight excluding hydrogens is 481 g/mol. The predicted octanol–water partition coefficient (Wildman–Crippen LogP) is 5.79. The van der Waals surface area contributed by atoms with E-state index in [4.69, 9.17) is 16.3 Å². The van der Waals surface area contributed by atoms with E-state index in [1.54, 1.807) is 42.1 Å². The van der Waals surface area contributed by atoms with Crippen molar-refractivity contribution >= 4 is 41.2 Å². The fourth-order valence-corrected chi connectivity index (χ4v) is 3.99. The predicted molar refractivity (Wildman–Crippen MR) is 138 cm³/mol. The highest BCUT2D eigenvalue weighted by Gasteiger charge is 2.25. The Kier molecular flexibility index (Phi) is 6.51. The third-order valence-electron chi connectivity index (χ3n) is 5.62. The van der Waals surface area contributed by atoms with Crippen molar-refractivity contribution < 1.29 is 13.9 Å². The van der Waals surface area contributed by atoms with Crippen LogP contribution in [0.1, 0.15) is 22.7 Å². The lowest BCUT2D eigenvalue weighted by atomic mass is 10.0. The second-order valence-electron chi connectivity index (χ2n) is 7.98. The molecule has 0 aliphatic carbocycles. The number of ether oxygens (including phenoxy) is 1. The number of methoxy groups -OCH3 is 1. The molecule has 1 aliphatic rings. The first kappa shape index (κ1) is 23.3. The molecule has 1 amide bonds. The Hall–Kier alpha value is -4.43. The van der Waals surface area contributed by atoms with Crippen LogP contribution < -0.4 is 15.4 Å². The van der Waals surface area contributed by atoms with E-state index in [9.17, 15) is 9.18 Å². The average molecular weight is 502 g/mol. The van der Waals surface area contributed by atoms with Gasteiger partial charge in [0.2, 0.25) is 5.95 Å². The molecule has 36 heavy (non-hydrogen) atoms. The largest absolute Gasteiger partial charge is 0.496 e. The molecule has 0 saturated carbocycles. The number of nitrogens with zero attached hydrogens (tertiary/aromatic N) is 3. The number of carbonyl (C=O) groups excluding carboxylic acids is 1. The molecule has 1 aliphatic heterocycles. The van der Waals surface area contributed by atoms with Gasteiger partial charge in [0.1, 0.15) is 17.6 Å². The Morgan fingerprint density at radius 2 is 1.86 bits per heavy atom. The lowest BCUT2D eigenvalue weighted by Crippen LogP contribution is -2.20. The van der Waals surface area contributed by atoms with Gasteiger partial charge in [0, 0.05) is 22.4 Å². The van der Waals surface area contributed by atoms with Gasteiger partial charge in [-0.3, -0.25) is 10.1 Å². The summed E-state index contributed by atoms with van der Waals surface area (Å²) in [6.07, 6.45) is 5.01. The van der Waals surface area contributed by atoms with Crippen LogP contribution in [0.4, 0.5) is 16.3 Å². The molecule has 0 spiro atoms. The first-order chi connectivity index (χ1) is 17.5. The molecule has 1 unspecified atom stereocenters. The van der Waals surface area contributed by atoms with E-state index in [-0.39, 0.29) is 17.8 Å². The smallest absolute Gasteiger partial charge is 0.250 e. The van der Waals surface area contributed by atoms with E-state index in [2.05, 4.69) is 20.7 Å². The molecule has 4 aromatic rings. The van der Waals surface area contributed by atoms with Gasteiger partial charge in [-0.2, -0.15) is 4.98 Å². The summed E-state index contributed by atoms with van der Waals surface area (Å²) in [7, 11) is 1.57. The van der Waals surface area contributed by atoms with Crippen LogP contribution >= 0.6 is 11.6 Å². The summed E-state index contributed by atoms with van der Waals surface area (Å²) >= 11 is 6.05. The van der Waals surface area contributed by atoms with E-state index < -0.39 is 5.91 Å². The highest BCUT2D eigenvalue weighted by molar-refractivity contribution is 6.30. The number of anilines is 2. The van der Waals surface area contributed by atoms with Crippen molar-refractivity contribution in [2.24, 2.45) is 0 Å². The Bertz CT molecular complexity index is 1460. The van der Waals surface area contributed by atoms with Gasteiger partial charge in [-0.15, -0.1) is 5.10 Å². The number of allylic oxidation sites excluding steroid dienone is 1. The third-order valence-corrected chi connectivity index (χ3v) is 5.87. The summed E-state index contributed by atoms with van der Waals surface area (Å²) in [6, 6.07) is 20.6. The number of amides is 1. The van der Waals surface area contributed by atoms with Gasteiger partial charge in [0.15, 0.2) is 0 Å². The van der Waals surface area contributed by atoms with Gasteiger partial charge in [-0.05, 0) is 53.6 Å². The SMILES string of the molecule is COc1ccccc1/C=C/C(=O)Nc1nc2n(n1)C(c1ccc(F)cc1)C=C(c1ccc(Cl)cc1)N2. The first-order valence-electron chi connectivity index (χ1n) is 11.1. The molecule has 2 N–H and O–H groups in total. The molecule has 1 atom stereocenters. The zero-order valence-electron chi connectivity index (χ0n) is 19.2. The number of nitrogens with one attached hydrogen (secondary N) is 2. The van der Waals surface area contributed by atoms with Gasteiger partial charge < -0.3 is 10.1 Å². The molecular formula is C27H21ClFN5O2. The minimum absolute atomic E-state index is 0.130. The van der Waals surface area contributed by atoms with E-state index in [1.807, 2.05) is 42.5 Å². The maximum Gasteiger partial charge on any atom is 0.250 e. The van der Waals surface area contributed by atoms with Gasteiger partial charge in [-0.25, -0.2) is 9.07 Å². The molecule has 7 nitrogen and oxygen atoms in total. The van der Waals surface area contributed by atoms with Crippen molar-refractivity contribution in [2.45, 2.75) is 6.04 Å². The monoisotopic (exact) mass is 501 g/mol. The van der Waals surface area contributed by atoms with Crippen molar-refractivity contribution in [3.05, 3.63) is 112 Å². The third kappa shape index (κ3) is 4.99. The first-order valence-corrected chi connectivity index (χ1v) is 11.5. The minimum Gasteiger partial charge on any atom is -0.496 e. The summed E-state index contributed by atoms with van der Waals surface area (Å²) < 4.78 is 20.5. The van der Waals surface area contributed by atoms with E-state index in [0.717, 1.165) is 22.4 Å². The van der Waals surface area contributed by atoms with Crippen LogP contribution in [-0.2, 0) is 4.79 Å². The number of aromatic nitrogens is 3. The topological polar surface area (TPSA) is 81.1 Å². The normalized spacial score (nSPS) is 14.6. The lowest BCUT2D eigenvalue weighted by Gasteiger charge is -2.24. The number of hydrogen-bond acceptors (Lipinski definition) is 5. The number of benzene rings is 3. The van der Waals surface area contributed by atoms with Crippen LogP contribution in [0.5, 0.6) is 5.75 Å². The Labute approximate surface area is 211 Å². The van der Waals surface area contributed by atoms with Crippen LogP contribution in [0.15, 0.2) is 84.9 Å². The van der Waals surface area contributed by atoms with Crippen molar-refractivity contribution in [3.8, 4) is 5.75 Å². The van der Waals surface area contributed by atoms with Crippen LogP contribution in [-0.4, -0.2) is 27.8 Å². The van der Waals surface area contributed by atoms with E-state index >= 15 is 0 Å². The maximum atomic E-state index is 13.6. The number of hydrogen-bond donors (Lipinski definition) is 2. The van der Waals surface area contributed by atoms with Crippen LogP contribution in [0.3, 0.4) is 0 Å². The second kappa shape index (κ2) is 10.1. The molecule has 1 aromatic heterocycles. The van der Waals surface area contributed by atoms with E-state index in [1.165, 1.54) is 18.2 Å². The Morgan fingerprint density at radius 1 is 1.11 bits per heavy atom. The van der Waals surface area contributed by atoms with Gasteiger partial charge in [-0.1, -0.05) is 54.1 Å². The zero-order valence-corrected chi connectivity index (χ0v) is 19.9. The summed E-state index contributed by atoms with van der Waals surface area (Å²) in [6.45, 7) is 0. The number of carbonyl (C=O) groups is 1. The highest BCUT2D eigenvalue weighted by atomic mass is 35.5. The quantitative estimate of drug-likeness (QED) is 0.327. The van der Waals surface area contributed by atoms with Crippen LogP contribution in [0.2, 0.25) is 5.02 Å². The standard InChI is InChI=1S/C27H21ClFN5O2/c1-36-24-5-3-2-4-19(24)10-15-25(35)31-26-32-27-30-22(17-6-11-20(28)12-7-17)16-23(34(27)33-26)18-8-13-21(29)14-9-18/h2-16,23H,1H3,(H2,30,31,32,33,35)/b15-10+. The van der Waals surface area contributed by atoms with Gasteiger partial charge >= 0.3 is 0 Å². The fourth-order valence-electron chi connectivity index (χ4n) is 3.86. The molecule has 180 valence electrons. The second-order valence-corrected chi connectivity index (χ2v) is 8.41. The molecule has 3 aromatic carbocycles. The Morgan fingerprint density at radius 3 is 2.61 bits per heavy atom. The summed E-state index contributed by atoms with van der Waals surface area (Å²) in [5.74, 6) is 0.492.